The van der Waals surface area contributed by atoms with E-state index in [0.717, 1.165) is 56.5 Å². The molecule has 4 aromatic rings. The maximum Gasteiger partial charge on any atom is 0.286 e. The van der Waals surface area contributed by atoms with Gasteiger partial charge in [-0.15, -0.1) is 0 Å². The monoisotopic (exact) mass is 470 g/mol. The Morgan fingerprint density at radius 3 is 2.69 bits per heavy atom. The second kappa shape index (κ2) is 9.56. The van der Waals surface area contributed by atoms with Gasteiger partial charge in [-0.05, 0) is 49.4 Å². The summed E-state index contributed by atoms with van der Waals surface area (Å²) >= 11 is 0. The van der Waals surface area contributed by atoms with Gasteiger partial charge in [0.1, 0.15) is 0 Å². The van der Waals surface area contributed by atoms with Crippen molar-refractivity contribution in [3.8, 4) is 11.5 Å². The number of aryl methyl sites for hydroxylation is 2. The number of nitrogens with one attached hydrogen (secondary N) is 1. The highest BCUT2D eigenvalue weighted by Crippen LogP contribution is 2.25. The minimum absolute atomic E-state index is 0.0537. The molecule has 0 spiro atoms. The lowest BCUT2D eigenvalue weighted by molar-refractivity contribution is 0.0974. The minimum Gasteiger partial charge on any atom is -0.431 e. The van der Waals surface area contributed by atoms with Crippen molar-refractivity contribution in [3.63, 3.8) is 0 Å². The van der Waals surface area contributed by atoms with Crippen LogP contribution in [0.5, 0.6) is 0 Å². The number of nitrogens with zero attached hydrogens (tertiary/aromatic N) is 6. The number of piperazine rings is 1. The smallest absolute Gasteiger partial charge is 0.286 e. The summed E-state index contributed by atoms with van der Waals surface area (Å²) in [5.74, 6) is 0.361. The van der Waals surface area contributed by atoms with Crippen molar-refractivity contribution in [2.45, 2.75) is 19.8 Å². The van der Waals surface area contributed by atoms with E-state index in [0.29, 0.717) is 22.9 Å². The van der Waals surface area contributed by atoms with Gasteiger partial charge in [0, 0.05) is 50.3 Å². The fourth-order valence-corrected chi connectivity index (χ4v) is 4.45. The molecule has 4 heterocycles. The van der Waals surface area contributed by atoms with Crippen LogP contribution in [0.2, 0.25) is 0 Å². The van der Waals surface area contributed by atoms with E-state index >= 15 is 0 Å². The molecule has 1 aromatic carbocycles. The van der Waals surface area contributed by atoms with Gasteiger partial charge in [-0.3, -0.25) is 9.69 Å². The summed E-state index contributed by atoms with van der Waals surface area (Å²) in [5, 5.41) is 1.15. The van der Waals surface area contributed by atoms with Crippen LogP contribution in [0.25, 0.3) is 27.2 Å². The van der Waals surface area contributed by atoms with Crippen LogP contribution in [0.15, 0.2) is 41.2 Å². The van der Waals surface area contributed by atoms with E-state index in [1.807, 2.05) is 18.2 Å². The van der Waals surface area contributed by atoms with E-state index in [1.54, 1.807) is 19.3 Å². The van der Waals surface area contributed by atoms with Gasteiger partial charge in [0.15, 0.2) is 5.69 Å². The number of hydrogen-bond donors (Lipinski definition) is 2. The molecule has 10 heteroatoms. The minimum atomic E-state index is -0.646. The van der Waals surface area contributed by atoms with Crippen molar-refractivity contribution in [1.82, 2.24) is 24.8 Å². The van der Waals surface area contributed by atoms with Crippen LogP contribution in [-0.2, 0) is 6.42 Å². The van der Waals surface area contributed by atoms with E-state index in [2.05, 4.69) is 40.8 Å². The first-order valence-corrected chi connectivity index (χ1v) is 11.6. The van der Waals surface area contributed by atoms with E-state index in [-0.39, 0.29) is 11.7 Å². The molecule has 10 nitrogen and oxygen atoms in total. The van der Waals surface area contributed by atoms with Crippen molar-refractivity contribution >= 4 is 28.4 Å². The number of aromatic nitrogens is 4. The molecular weight excluding hydrogens is 444 g/mol. The van der Waals surface area contributed by atoms with E-state index in [1.165, 1.54) is 5.56 Å². The molecule has 3 aromatic heterocycles. The number of carbonyl (C=O) groups is 1. The summed E-state index contributed by atoms with van der Waals surface area (Å²) in [6, 6.07) is 5.80. The molecule has 1 amide bonds. The van der Waals surface area contributed by atoms with E-state index < -0.39 is 5.91 Å². The van der Waals surface area contributed by atoms with Gasteiger partial charge in [-0.2, -0.15) is 0 Å². The van der Waals surface area contributed by atoms with Gasteiger partial charge in [0.25, 0.3) is 5.91 Å². The summed E-state index contributed by atoms with van der Waals surface area (Å²) in [6.07, 6.45) is 7.41. The highest BCUT2D eigenvalue weighted by Gasteiger charge is 2.20. The van der Waals surface area contributed by atoms with Crippen LogP contribution < -0.4 is 10.6 Å². The maximum absolute atomic E-state index is 11.4. The van der Waals surface area contributed by atoms with Crippen molar-refractivity contribution in [2.24, 2.45) is 5.73 Å². The standard InChI is InChI=1S/C25H26N8O2/c1-16-22(23(26)34)35-24(31-16)18-14-29-25(30-15-18)33-10-8-32(9-11-33)7-3-4-17-13-28-21-6-5-19(27-2)12-20(17)21/h5-6,12-15,28H,3-4,7-11H2,1H3,(H2,26,34). The van der Waals surface area contributed by atoms with Gasteiger partial charge in [0.05, 0.1) is 17.8 Å². The number of rotatable bonds is 7. The Morgan fingerprint density at radius 1 is 1.23 bits per heavy atom. The highest BCUT2D eigenvalue weighted by atomic mass is 16.4. The highest BCUT2D eigenvalue weighted by molar-refractivity contribution is 5.91. The summed E-state index contributed by atoms with van der Waals surface area (Å²) < 4.78 is 5.46. The molecule has 1 saturated heterocycles. The summed E-state index contributed by atoms with van der Waals surface area (Å²) in [6.45, 7) is 13.5. The SMILES string of the molecule is [C-]#[N+]c1ccc2[nH]cc(CCCN3CCN(c4ncc(-c5nc(C)c(C(N)=O)o5)cn4)CC3)c2c1. The number of oxazole rings is 1. The number of primary amides is 1. The van der Waals surface area contributed by atoms with Crippen molar-refractivity contribution in [2.75, 3.05) is 37.6 Å². The maximum atomic E-state index is 11.4. The molecule has 0 bridgehead atoms. The van der Waals surface area contributed by atoms with E-state index in [9.17, 15) is 4.79 Å². The quantitative estimate of drug-likeness (QED) is 0.397. The summed E-state index contributed by atoms with van der Waals surface area (Å²) in [4.78, 5) is 36.1. The van der Waals surface area contributed by atoms with Crippen LogP contribution in [0.1, 0.15) is 28.2 Å². The molecule has 1 fully saturated rings. The first kappa shape index (κ1) is 22.6. The second-order valence-corrected chi connectivity index (χ2v) is 8.66. The Labute approximate surface area is 202 Å². The zero-order valence-electron chi connectivity index (χ0n) is 19.5. The first-order chi connectivity index (χ1) is 17.0. The van der Waals surface area contributed by atoms with Crippen LogP contribution in [0.4, 0.5) is 11.6 Å². The Kier molecular flexibility index (Phi) is 6.16. The largest absolute Gasteiger partial charge is 0.431 e. The molecule has 0 aliphatic carbocycles. The molecular formula is C25H26N8O2. The fourth-order valence-electron chi connectivity index (χ4n) is 4.45. The molecule has 5 rings (SSSR count). The molecule has 3 N–H and O–H groups in total. The lowest BCUT2D eigenvalue weighted by Crippen LogP contribution is -2.47. The lowest BCUT2D eigenvalue weighted by atomic mass is 10.1. The number of fused-ring (bicyclic) bond motifs is 1. The number of anilines is 1. The number of amides is 1. The molecule has 0 radical (unpaired) electrons. The van der Waals surface area contributed by atoms with Crippen molar-refractivity contribution < 1.29 is 9.21 Å². The van der Waals surface area contributed by atoms with Crippen molar-refractivity contribution in [3.05, 3.63) is 65.2 Å². The van der Waals surface area contributed by atoms with E-state index in [4.69, 9.17) is 16.7 Å². The molecule has 0 unspecified atom stereocenters. The molecule has 1 aliphatic rings. The normalized spacial score (nSPS) is 14.3. The Balaban J connectivity index is 1.13. The Morgan fingerprint density at radius 2 is 2.00 bits per heavy atom. The number of H-pyrrole nitrogens is 1. The van der Waals surface area contributed by atoms with Gasteiger partial charge in [0.2, 0.25) is 17.6 Å². The van der Waals surface area contributed by atoms with Crippen LogP contribution in [-0.4, -0.2) is 63.5 Å². The second-order valence-electron chi connectivity index (χ2n) is 8.66. The molecule has 178 valence electrons. The summed E-state index contributed by atoms with van der Waals surface area (Å²) in [7, 11) is 0. The Bertz CT molecular complexity index is 1390. The van der Waals surface area contributed by atoms with Gasteiger partial charge < -0.3 is 20.0 Å². The number of benzene rings is 1. The zero-order chi connectivity index (χ0) is 24.4. The predicted molar refractivity (Wildman–Crippen MR) is 132 cm³/mol. The fraction of sp³-hybridized carbons (Fsp3) is 0.320. The Hall–Kier alpha value is -4.23. The molecule has 0 saturated carbocycles. The zero-order valence-corrected chi connectivity index (χ0v) is 19.5. The van der Waals surface area contributed by atoms with Crippen LogP contribution in [0.3, 0.4) is 0 Å². The summed E-state index contributed by atoms with van der Waals surface area (Å²) in [5.41, 5.74) is 9.38. The van der Waals surface area contributed by atoms with Gasteiger partial charge in [-0.25, -0.2) is 19.8 Å². The molecule has 1 aliphatic heterocycles. The lowest BCUT2D eigenvalue weighted by Gasteiger charge is -2.34. The van der Waals surface area contributed by atoms with Crippen LogP contribution in [0, 0.1) is 13.5 Å². The molecule has 0 atom stereocenters. The third-order valence-corrected chi connectivity index (χ3v) is 6.36. The van der Waals surface area contributed by atoms with Crippen molar-refractivity contribution in [1.29, 1.82) is 0 Å². The average molecular weight is 471 g/mol. The predicted octanol–water partition coefficient (Wildman–Crippen LogP) is 3.33. The first-order valence-electron chi connectivity index (χ1n) is 11.6. The number of nitrogens with two attached hydrogens (primary N) is 1. The number of carbonyl (C=O) groups excluding carboxylic acids is 1. The van der Waals surface area contributed by atoms with Gasteiger partial charge >= 0.3 is 0 Å². The average Bonchev–Trinajstić information content (AvgIpc) is 3.47. The third kappa shape index (κ3) is 4.72. The van der Waals surface area contributed by atoms with Crippen LogP contribution >= 0.6 is 0 Å². The third-order valence-electron chi connectivity index (χ3n) is 6.36. The molecule has 35 heavy (non-hydrogen) atoms. The topological polar surface area (TPSA) is 122 Å². The number of aromatic amines is 1. The number of hydrogen-bond acceptors (Lipinski definition) is 7. The van der Waals surface area contributed by atoms with Gasteiger partial charge in [-0.1, -0.05) is 6.07 Å².